The molecule has 0 amide bonds. The van der Waals surface area contributed by atoms with E-state index >= 15 is 0 Å². The summed E-state index contributed by atoms with van der Waals surface area (Å²) in [5, 5.41) is 20.4. The fraction of sp³-hybridized carbons (Fsp3) is 0.474. The van der Waals surface area contributed by atoms with E-state index in [2.05, 4.69) is 4.74 Å². The Balaban J connectivity index is 2.35. The van der Waals surface area contributed by atoms with Gasteiger partial charge in [-0.3, -0.25) is 4.79 Å². The van der Waals surface area contributed by atoms with Gasteiger partial charge in [-0.1, -0.05) is 31.2 Å². The van der Waals surface area contributed by atoms with Crippen LogP contribution in [0.4, 0.5) is 0 Å². The minimum absolute atomic E-state index is 0.0434. The van der Waals surface area contributed by atoms with Crippen LogP contribution in [0.5, 0.6) is 5.75 Å². The molecule has 2 rings (SSSR count). The second-order valence-corrected chi connectivity index (χ2v) is 6.31. The van der Waals surface area contributed by atoms with Gasteiger partial charge in [-0.15, -0.1) is 0 Å². The lowest BCUT2D eigenvalue weighted by molar-refractivity contribution is -0.143. The van der Waals surface area contributed by atoms with E-state index in [9.17, 15) is 19.8 Å². The lowest BCUT2D eigenvalue weighted by atomic mass is 9.94. The number of hydrogen-bond acceptors (Lipinski definition) is 6. The van der Waals surface area contributed by atoms with Crippen LogP contribution in [0, 0.1) is 5.92 Å². The van der Waals surface area contributed by atoms with Crippen molar-refractivity contribution in [1.82, 2.24) is 0 Å². The fourth-order valence-electron chi connectivity index (χ4n) is 2.82. The van der Waals surface area contributed by atoms with E-state index in [0.29, 0.717) is 18.4 Å². The molecule has 0 aliphatic carbocycles. The Morgan fingerprint density at radius 3 is 2.84 bits per heavy atom. The third-order valence-electron chi connectivity index (χ3n) is 4.40. The molecule has 136 valence electrons. The van der Waals surface area contributed by atoms with Crippen LogP contribution < -0.4 is 0 Å². The Morgan fingerprint density at radius 2 is 2.12 bits per heavy atom. The predicted octanol–water partition coefficient (Wildman–Crippen LogP) is 2.37. The number of esters is 2. The Labute approximate surface area is 147 Å². The van der Waals surface area contributed by atoms with Crippen LogP contribution in [-0.2, 0) is 20.7 Å². The molecule has 0 fully saturated rings. The summed E-state index contributed by atoms with van der Waals surface area (Å²) in [6.45, 7) is 1.90. The van der Waals surface area contributed by atoms with Crippen LogP contribution in [0.2, 0.25) is 0 Å². The highest BCUT2D eigenvalue weighted by Gasteiger charge is 2.27. The maximum atomic E-state index is 12.6. The number of carbonyl (C=O) groups is 2. The van der Waals surface area contributed by atoms with E-state index in [4.69, 9.17) is 4.74 Å². The third kappa shape index (κ3) is 5.06. The molecule has 0 saturated carbocycles. The highest BCUT2D eigenvalue weighted by molar-refractivity contribution is 5.94. The van der Waals surface area contributed by atoms with Crippen LogP contribution in [-0.4, -0.2) is 41.5 Å². The van der Waals surface area contributed by atoms with Gasteiger partial charge < -0.3 is 19.7 Å². The van der Waals surface area contributed by atoms with Crippen LogP contribution in [0.1, 0.15) is 42.1 Å². The van der Waals surface area contributed by atoms with Gasteiger partial charge in [0.25, 0.3) is 0 Å². The maximum Gasteiger partial charge on any atom is 0.342 e. The van der Waals surface area contributed by atoms with Gasteiger partial charge in [0.05, 0.1) is 19.6 Å². The maximum absolute atomic E-state index is 12.6. The summed E-state index contributed by atoms with van der Waals surface area (Å²) in [6, 6.07) is 4.83. The number of phenolic OH excluding ortho intramolecular Hbond substituents is 1. The number of allylic oxidation sites excluding steroid dienone is 2. The topological polar surface area (TPSA) is 93.1 Å². The molecule has 6 nitrogen and oxygen atoms in total. The van der Waals surface area contributed by atoms with E-state index in [0.717, 1.165) is 0 Å². The number of fused-ring (bicyclic) bond motifs is 1. The van der Waals surface area contributed by atoms with Crippen molar-refractivity contribution >= 4 is 11.9 Å². The summed E-state index contributed by atoms with van der Waals surface area (Å²) in [7, 11) is 1.25. The zero-order valence-electron chi connectivity index (χ0n) is 14.5. The van der Waals surface area contributed by atoms with E-state index in [1.54, 1.807) is 12.1 Å². The molecule has 3 unspecified atom stereocenters. The highest BCUT2D eigenvalue weighted by atomic mass is 16.6. The Hall–Kier alpha value is -2.34. The molecule has 1 aliphatic heterocycles. The van der Waals surface area contributed by atoms with Crippen molar-refractivity contribution in [3.63, 3.8) is 0 Å². The molecule has 1 aromatic carbocycles. The van der Waals surface area contributed by atoms with Gasteiger partial charge in [-0.2, -0.15) is 0 Å². The molecule has 0 aromatic heterocycles. The van der Waals surface area contributed by atoms with Crippen molar-refractivity contribution < 1.29 is 29.3 Å². The van der Waals surface area contributed by atoms with E-state index in [1.807, 2.05) is 19.1 Å². The zero-order valence-corrected chi connectivity index (χ0v) is 14.5. The minimum atomic E-state index is -0.826. The molecular formula is C19H24O6. The SMILES string of the molecule is COC(=O)CC1CC(O)C(C)C/C=C/Cc2cccc(O)c2C(=O)O1. The van der Waals surface area contributed by atoms with Gasteiger partial charge in [-0.25, -0.2) is 4.79 Å². The van der Waals surface area contributed by atoms with Crippen molar-refractivity contribution in [3.8, 4) is 5.75 Å². The highest BCUT2D eigenvalue weighted by Crippen LogP contribution is 2.26. The third-order valence-corrected chi connectivity index (χ3v) is 4.40. The van der Waals surface area contributed by atoms with Gasteiger partial charge in [-0.05, 0) is 30.4 Å². The molecule has 0 spiro atoms. The Bertz CT molecular complexity index is 651. The normalized spacial score (nSPS) is 25.7. The summed E-state index contributed by atoms with van der Waals surface area (Å²) >= 11 is 0. The van der Waals surface area contributed by atoms with Crippen LogP contribution in [0.3, 0.4) is 0 Å². The zero-order chi connectivity index (χ0) is 18.4. The molecule has 1 aromatic rings. The fourth-order valence-corrected chi connectivity index (χ4v) is 2.82. The van der Waals surface area contributed by atoms with Gasteiger partial charge in [0, 0.05) is 6.42 Å². The lowest BCUT2D eigenvalue weighted by Crippen LogP contribution is -2.30. The van der Waals surface area contributed by atoms with E-state index in [-0.39, 0.29) is 30.1 Å². The second kappa shape index (κ2) is 8.67. The molecule has 0 radical (unpaired) electrons. The summed E-state index contributed by atoms with van der Waals surface area (Å²) in [4.78, 5) is 24.2. The van der Waals surface area contributed by atoms with Gasteiger partial charge in [0.15, 0.2) is 0 Å². The number of carbonyl (C=O) groups excluding carboxylic acids is 2. The quantitative estimate of drug-likeness (QED) is 0.630. The molecule has 1 heterocycles. The number of aliphatic hydroxyl groups is 1. The summed E-state index contributed by atoms with van der Waals surface area (Å²) in [5.41, 5.74) is 0.733. The van der Waals surface area contributed by atoms with Crippen molar-refractivity contribution in [2.45, 2.75) is 44.8 Å². The van der Waals surface area contributed by atoms with Crippen molar-refractivity contribution in [2.75, 3.05) is 7.11 Å². The molecule has 2 N–H and O–H groups in total. The number of ether oxygens (including phenoxy) is 2. The predicted molar refractivity (Wildman–Crippen MR) is 91.2 cm³/mol. The molecular weight excluding hydrogens is 324 g/mol. The first kappa shape index (κ1) is 19.0. The standard InChI is InChI=1S/C19H24O6/c1-12-6-3-4-7-13-8-5-9-15(20)18(13)19(23)25-14(10-16(12)21)11-17(22)24-2/h3-5,8-9,12,14,16,20-21H,6-7,10-11H2,1-2H3/b4-3+. The molecule has 1 aliphatic rings. The Morgan fingerprint density at radius 1 is 1.36 bits per heavy atom. The van der Waals surface area contributed by atoms with Gasteiger partial charge >= 0.3 is 11.9 Å². The number of phenols is 1. The second-order valence-electron chi connectivity index (χ2n) is 6.31. The number of aromatic hydroxyl groups is 1. The smallest absolute Gasteiger partial charge is 0.342 e. The number of hydrogen-bond donors (Lipinski definition) is 2. The van der Waals surface area contributed by atoms with E-state index in [1.165, 1.54) is 13.2 Å². The van der Waals surface area contributed by atoms with Crippen LogP contribution in [0.15, 0.2) is 30.4 Å². The molecule has 6 heteroatoms. The van der Waals surface area contributed by atoms with Crippen LogP contribution >= 0.6 is 0 Å². The van der Waals surface area contributed by atoms with Crippen molar-refractivity contribution in [3.05, 3.63) is 41.5 Å². The van der Waals surface area contributed by atoms with Gasteiger partial charge in [0.1, 0.15) is 17.4 Å². The number of rotatable bonds is 2. The van der Waals surface area contributed by atoms with E-state index < -0.39 is 24.1 Å². The van der Waals surface area contributed by atoms with Gasteiger partial charge in [0.2, 0.25) is 0 Å². The lowest BCUT2D eigenvalue weighted by Gasteiger charge is -2.24. The average molecular weight is 348 g/mol. The Kier molecular flexibility index (Phi) is 6.58. The molecule has 0 saturated heterocycles. The summed E-state index contributed by atoms with van der Waals surface area (Å²) in [5.74, 6) is -1.45. The number of methoxy groups -OCH3 is 1. The summed E-state index contributed by atoms with van der Waals surface area (Å²) < 4.78 is 10.1. The van der Waals surface area contributed by atoms with Crippen molar-refractivity contribution in [2.24, 2.45) is 5.92 Å². The summed E-state index contributed by atoms with van der Waals surface area (Å²) in [6.07, 6.45) is 3.40. The first-order valence-electron chi connectivity index (χ1n) is 8.34. The molecule has 25 heavy (non-hydrogen) atoms. The largest absolute Gasteiger partial charge is 0.507 e. The first-order chi connectivity index (χ1) is 11.9. The van der Waals surface area contributed by atoms with Crippen molar-refractivity contribution in [1.29, 1.82) is 0 Å². The number of benzene rings is 1. The monoisotopic (exact) mass is 348 g/mol. The minimum Gasteiger partial charge on any atom is -0.507 e. The average Bonchev–Trinajstić information content (AvgIpc) is 2.57. The molecule has 3 atom stereocenters. The molecule has 0 bridgehead atoms. The first-order valence-corrected chi connectivity index (χ1v) is 8.34. The number of cyclic esters (lactones) is 1. The number of aliphatic hydroxyl groups excluding tert-OH is 1. The van der Waals surface area contributed by atoms with Crippen LogP contribution in [0.25, 0.3) is 0 Å².